The van der Waals surface area contributed by atoms with Crippen LogP contribution in [0.3, 0.4) is 0 Å². The molecule has 1 atom stereocenters. The fourth-order valence-electron chi connectivity index (χ4n) is 4.06. The van der Waals surface area contributed by atoms with E-state index in [-0.39, 0.29) is 30.6 Å². The van der Waals surface area contributed by atoms with Crippen LogP contribution in [0, 0.1) is 0 Å². The van der Waals surface area contributed by atoms with Crippen molar-refractivity contribution in [1.82, 2.24) is 9.88 Å². The molecule has 1 aromatic heterocycles. The second-order valence-electron chi connectivity index (χ2n) is 7.45. The van der Waals surface area contributed by atoms with Crippen LogP contribution < -0.4 is 4.90 Å². The molecule has 2 aliphatic heterocycles. The van der Waals surface area contributed by atoms with E-state index in [4.69, 9.17) is 0 Å². The summed E-state index contributed by atoms with van der Waals surface area (Å²) in [5.74, 6) is -0.0524. The van der Waals surface area contributed by atoms with Crippen LogP contribution >= 0.6 is 11.3 Å². The van der Waals surface area contributed by atoms with Crippen molar-refractivity contribution in [2.45, 2.75) is 25.2 Å². The topological polar surface area (TPSA) is 70.6 Å². The highest BCUT2D eigenvalue weighted by Crippen LogP contribution is 2.33. The predicted octanol–water partition coefficient (Wildman–Crippen LogP) is 3.58. The second kappa shape index (κ2) is 7.08. The molecule has 29 heavy (non-hydrogen) atoms. The molecule has 2 aliphatic rings. The lowest BCUT2D eigenvalue weighted by Crippen LogP contribution is -2.28. The van der Waals surface area contributed by atoms with E-state index >= 15 is 0 Å². The number of imide groups is 1. The quantitative estimate of drug-likeness (QED) is 0.625. The molecular formula is C22H19N3O3S. The summed E-state index contributed by atoms with van der Waals surface area (Å²) in [4.78, 5) is 44.4. The average Bonchev–Trinajstić information content (AvgIpc) is 3.46. The summed E-state index contributed by atoms with van der Waals surface area (Å²) in [7, 11) is 0. The van der Waals surface area contributed by atoms with Crippen LogP contribution in [0.2, 0.25) is 0 Å². The summed E-state index contributed by atoms with van der Waals surface area (Å²) in [6, 6.07) is 15.7. The molecule has 5 rings (SSSR count). The number of carbonyl (C=O) groups excluding carboxylic acids is 3. The first kappa shape index (κ1) is 18.0. The summed E-state index contributed by atoms with van der Waals surface area (Å²) in [6.45, 7) is 1.45. The molecule has 3 amide bonds. The molecule has 0 saturated carbocycles. The van der Waals surface area contributed by atoms with E-state index in [0.717, 1.165) is 22.6 Å². The summed E-state index contributed by atoms with van der Waals surface area (Å²) in [6.07, 6.45) is 1.42. The van der Waals surface area contributed by atoms with Crippen LogP contribution in [-0.2, 0) is 9.59 Å². The Hall–Kier alpha value is -3.06. The Bertz CT molecular complexity index is 1110. The van der Waals surface area contributed by atoms with Gasteiger partial charge in [0.05, 0.1) is 10.2 Å². The number of hydrogen-bond acceptors (Lipinski definition) is 5. The summed E-state index contributed by atoms with van der Waals surface area (Å²) in [5.41, 5.74) is 2.57. The predicted molar refractivity (Wildman–Crippen MR) is 111 cm³/mol. The zero-order valence-electron chi connectivity index (χ0n) is 15.7. The standard InChI is InChI=1S/C22H19N3O3S/c26-19-8-9-20(27)25(19)22-23-17-7-6-15(12-18(17)29-22)21(28)24-11-10-16(13-24)14-4-2-1-3-5-14/h1-7,12,16H,8-11,13H2/t16-/m0/s1. The Morgan fingerprint density at radius 2 is 1.79 bits per heavy atom. The lowest BCUT2D eigenvalue weighted by Gasteiger charge is -2.17. The van der Waals surface area contributed by atoms with E-state index in [1.165, 1.54) is 16.9 Å². The zero-order chi connectivity index (χ0) is 20.0. The van der Waals surface area contributed by atoms with Gasteiger partial charge in [0.1, 0.15) is 0 Å². The van der Waals surface area contributed by atoms with Crippen molar-refractivity contribution in [2.75, 3.05) is 18.0 Å². The highest BCUT2D eigenvalue weighted by molar-refractivity contribution is 7.22. The number of aromatic nitrogens is 1. The smallest absolute Gasteiger partial charge is 0.253 e. The zero-order valence-corrected chi connectivity index (χ0v) is 16.5. The fourth-order valence-corrected chi connectivity index (χ4v) is 5.10. The number of hydrogen-bond donors (Lipinski definition) is 0. The molecule has 2 aromatic carbocycles. The molecule has 6 nitrogen and oxygen atoms in total. The summed E-state index contributed by atoms with van der Waals surface area (Å²) < 4.78 is 0.803. The Morgan fingerprint density at radius 3 is 2.55 bits per heavy atom. The normalized spacial score (nSPS) is 19.5. The molecule has 0 aliphatic carbocycles. The van der Waals surface area contributed by atoms with Gasteiger partial charge in [0, 0.05) is 37.4 Å². The van der Waals surface area contributed by atoms with Crippen LogP contribution in [0.15, 0.2) is 48.5 Å². The summed E-state index contributed by atoms with van der Waals surface area (Å²) >= 11 is 1.28. The average molecular weight is 405 g/mol. The Morgan fingerprint density at radius 1 is 1.03 bits per heavy atom. The Kier molecular flexibility index (Phi) is 4.39. The van der Waals surface area contributed by atoms with Gasteiger partial charge in [-0.05, 0) is 30.2 Å². The summed E-state index contributed by atoms with van der Waals surface area (Å²) in [5, 5.41) is 0.391. The molecule has 2 saturated heterocycles. The number of likely N-dealkylation sites (tertiary alicyclic amines) is 1. The Balaban J connectivity index is 1.37. The third kappa shape index (κ3) is 3.21. The maximum Gasteiger partial charge on any atom is 0.253 e. The van der Waals surface area contributed by atoms with Crippen molar-refractivity contribution in [3.8, 4) is 0 Å². The SMILES string of the molecule is O=C(c1ccc2nc(N3C(=O)CCC3=O)sc2c1)N1CC[C@H](c2ccccc2)C1. The lowest BCUT2D eigenvalue weighted by molar-refractivity contribution is -0.121. The Labute approximate surface area is 171 Å². The highest BCUT2D eigenvalue weighted by atomic mass is 32.1. The highest BCUT2D eigenvalue weighted by Gasteiger charge is 2.33. The van der Waals surface area contributed by atoms with Crippen LogP contribution in [-0.4, -0.2) is 40.7 Å². The molecule has 0 spiro atoms. The minimum Gasteiger partial charge on any atom is -0.338 e. The number of amides is 3. The molecule has 146 valence electrons. The van der Waals surface area contributed by atoms with Crippen molar-refractivity contribution in [1.29, 1.82) is 0 Å². The van der Waals surface area contributed by atoms with E-state index in [1.807, 2.05) is 29.2 Å². The molecule has 3 aromatic rings. The van der Waals surface area contributed by atoms with Gasteiger partial charge in [-0.3, -0.25) is 14.4 Å². The molecule has 7 heteroatoms. The van der Waals surface area contributed by atoms with Gasteiger partial charge >= 0.3 is 0 Å². The first-order chi connectivity index (χ1) is 14.1. The van der Waals surface area contributed by atoms with Gasteiger partial charge in [-0.1, -0.05) is 41.7 Å². The number of rotatable bonds is 3. The molecule has 3 heterocycles. The van der Waals surface area contributed by atoms with Crippen molar-refractivity contribution in [2.24, 2.45) is 0 Å². The monoisotopic (exact) mass is 405 g/mol. The van der Waals surface area contributed by atoms with Gasteiger partial charge in [0.25, 0.3) is 5.91 Å². The lowest BCUT2D eigenvalue weighted by atomic mass is 9.99. The van der Waals surface area contributed by atoms with Gasteiger partial charge in [0.2, 0.25) is 11.8 Å². The minimum atomic E-state index is -0.214. The number of fused-ring (bicyclic) bond motifs is 1. The first-order valence-electron chi connectivity index (χ1n) is 9.71. The number of nitrogens with zero attached hydrogens (tertiary/aromatic N) is 3. The molecule has 0 N–H and O–H groups in total. The largest absolute Gasteiger partial charge is 0.338 e. The maximum absolute atomic E-state index is 13.0. The molecule has 0 bridgehead atoms. The van der Waals surface area contributed by atoms with E-state index < -0.39 is 0 Å². The van der Waals surface area contributed by atoms with Crippen LogP contribution in [0.5, 0.6) is 0 Å². The molecule has 0 radical (unpaired) electrons. The van der Waals surface area contributed by atoms with E-state index in [1.54, 1.807) is 12.1 Å². The fraction of sp³-hybridized carbons (Fsp3) is 0.273. The van der Waals surface area contributed by atoms with E-state index in [2.05, 4.69) is 17.1 Å². The van der Waals surface area contributed by atoms with E-state index in [0.29, 0.717) is 28.7 Å². The maximum atomic E-state index is 13.0. The van der Waals surface area contributed by atoms with Gasteiger partial charge in [-0.2, -0.15) is 0 Å². The van der Waals surface area contributed by atoms with Crippen molar-refractivity contribution >= 4 is 44.4 Å². The van der Waals surface area contributed by atoms with Crippen molar-refractivity contribution < 1.29 is 14.4 Å². The van der Waals surface area contributed by atoms with Crippen LogP contribution in [0.1, 0.15) is 41.1 Å². The van der Waals surface area contributed by atoms with E-state index in [9.17, 15) is 14.4 Å². The van der Waals surface area contributed by atoms with Crippen LogP contribution in [0.4, 0.5) is 5.13 Å². The molecule has 0 unspecified atom stereocenters. The third-order valence-electron chi connectivity index (χ3n) is 5.61. The van der Waals surface area contributed by atoms with Gasteiger partial charge < -0.3 is 4.90 Å². The number of anilines is 1. The van der Waals surface area contributed by atoms with Gasteiger partial charge in [0.15, 0.2) is 5.13 Å². The van der Waals surface area contributed by atoms with Crippen LogP contribution in [0.25, 0.3) is 10.2 Å². The van der Waals surface area contributed by atoms with Crippen molar-refractivity contribution in [3.63, 3.8) is 0 Å². The first-order valence-corrected chi connectivity index (χ1v) is 10.5. The number of benzene rings is 2. The molecular weight excluding hydrogens is 386 g/mol. The second-order valence-corrected chi connectivity index (χ2v) is 8.46. The van der Waals surface area contributed by atoms with Gasteiger partial charge in [-0.25, -0.2) is 9.88 Å². The van der Waals surface area contributed by atoms with Gasteiger partial charge in [-0.15, -0.1) is 0 Å². The van der Waals surface area contributed by atoms with Crippen molar-refractivity contribution in [3.05, 3.63) is 59.7 Å². The third-order valence-corrected chi connectivity index (χ3v) is 6.62. The number of carbonyl (C=O) groups is 3. The molecule has 2 fully saturated rings. The minimum absolute atomic E-state index is 0.00797. The number of thiazole rings is 1.